The molecule has 2 nitrogen and oxygen atoms in total. The molecule has 0 unspecified atom stereocenters. The lowest BCUT2D eigenvalue weighted by atomic mass is 9.90. The van der Waals surface area contributed by atoms with Gasteiger partial charge in [0.1, 0.15) is 0 Å². The Hall–Kier alpha value is -0.275. The number of rotatable bonds is 1. The molecule has 1 saturated heterocycles. The highest BCUT2D eigenvalue weighted by atomic mass is 16.7. The van der Waals surface area contributed by atoms with E-state index in [2.05, 4.69) is 20.4 Å². The third kappa shape index (κ3) is 3.14. The molecular formula is C11H23BO2. The van der Waals surface area contributed by atoms with Crippen LogP contribution in [-0.2, 0) is 9.31 Å². The molecule has 14 heavy (non-hydrogen) atoms. The Morgan fingerprint density at radius 1 is 1.07 bits per heavy atom. The van der Waals surface area contributed by atoms with Crippen LogP contribution in [0.3, 0.4) is 0 Å². The van der Waals surface area contributed by atoms with E-state index in [1.54, 1.807) is 5.98 Å². The predicted octanol–water partition coefficient (Wildman–Crippen LogP) is 3.22. The minimum absolute atomic E-state index is 0.230. The van der Waals surface area contributed by atoms with Gasteiger partial charge in [0.25, 0.3) is 0 Å². The highest BCUT2D eigenvalue weighted by molar-refractivity contribution is 6.51. The molecule has 1 aliphatic heterocycles. The van der Waals surface area contributed by atoms with Crippen LogP contribution in [0.2, 0.25) is 0 Å². The molecule has 0 amide bonds. The molecule has 0 aromatic rings. The summed E-state index contributed by atoms with van der Waals surface area (Å²) in [6.45, 7) is 16.0. The summed E-state index contributed by atoms with van der Waals surface area (Å²) in [6, 6.07) is 0. The normalized spacial score (nSPS) is 22.6. The van der Waals surface area contributed by atoms with Crippen LogP contribution in [0.5, 0.6) is 0 Å². The summed E-state index contributed by atoms with van der Waals surface area (Å²) >= 11 is 0. The third-order valence-electron chi connectivity index (χ3n) is 2.46. The fourth-order valence-electron chi connectivity index (χ4n) is 0.985. The van der Waals surface area contributed by atoms with Crippen LogP contribution in [0, 0.1) is 0 Å². The minimum atomic E-state index is -0.250. The van der Waals surface area contributed by atoms with E-state index in [1.807, 2.05) is 27.7 Å². The molecule has 0 bridgehead atoms. The highest BCUT2D eigenvalue weighted by Gasteiger charge is 2.49. The van der Waals surface area contributed by atoms with Crippen molar-refractivity contribution in [1.29, 1.82) is 0 Å². The second-order valence-corrected chi connectivity index (χ2v) is 4.57. The van der Waals surface area contributed by atoms with Gasteiger partial charge in [0.15, 0.2) is 0 Å². The Kier molecular flexibility index (Phi) is 4.89. The Morgan fingerprint density at radius 3 is 1.50 bits per heavy atom. The lowest BCUT2D eigenvalue weighted by molar-refractivity contribution is 0.00578. The van der Waals surface area contributed by atoms with Gasteiger partial charge in [-0.1, -0.05) is 26.2 Å². The molecule has 1 heterocycles. The van der Waals surface area contributed by atoms with Crippen molar-refractivity contribution in [3.63, 3.8) is 0 Å². The van der Waals surface area contributed by atoms with Gasteiger partial charge in [-0.3, -0.25) is 0 Å². The molecule has 1 aliphatic rings. The highest BCUT2D eigenvalue weighted by Crippen LogP contribution is 2.36. The van der Waals surface area contributed by atoms with Crippen LogP contribution in [-0.4, -0.2) is 18.3 Å². The van der Waals surface area contributed by atoms with Gasteiger partial charge in [0.2, 0.25) is 0 Å². The average molecular weight is 198 g/mol. The van der Waals surface area contributed by atoms with Crippen molar-refractivity contribution < 1.29 is 9.31 Å². The molecule has 0 aromatic carbocycles. The van der Waals surface area contributed by atoms with Crippen molar-refractivity contribution in [3.8, 4) is 0 Å². The molecule has 0 spiro atoms. The van der Waals surface area contributed by atoms with Crippen molar-refractivity contribution in [2.24, 2.45) is 0 Å². The summed E-state index contributed by atoms with van der Waals surface area (Å²) in [5, 5.41) is 0. The van der Waals surface area contributed by atoms with Crippen molar-refractivity contribution in [2.45, 2.75) is 59.2 Å². The first kappa shape index (κ1) is 13.7. The summed E-state index contributed by atoms with van der Waals surface area (Å²) in [4.78, 5) is 0. The zero-order valence-corrected chi connectivity index (χ0v) is 10.4. The second-order valence-electron chi connectivity index (χ2n) is 4.57. The molecular weight excluding hydrogens is 175 g/mol. The molecule has 0 saturated carbocycles. The Bertz CT molecular complexity index is 172. The maximum atomic E-state index is 5.57. The number of hydrogen-bond acceptors (Lipinski definition) is 2. The van der Waals surface area contributed by atoms with E-state index in [4.69, 9.17) is 9.31 Å². The third-order valence-corrected chi connectivity index (χ3v) is 2.46. The van der Waals surface area contributed by atoms with Crippen LogP contribution in [0.1, 0.15) is 48.0 Å². The summed E-state index contributed by atoms with van der Waals surface area (Å²) in [7, 11) is -0.250. The van der Waals surface area contributed by atoms with Crippen LogP contribution < -0.4 is 0 Å². The number of hydrogen-bond donors (Lipinski definition) is 0. The molecule has 0 atom stereocenters. The summed E-state index contributed by atoms with van der Waals surface area (Å²) in [5.41, 5.74) is -0.461. The van der Waals surface area contributed by atoms with Crippen LogP contribution >= 0.6 is 0 Å². The van der Waals surface area contributed by atoms with Crippen molar-refractivity contribution in [1.82, 2.24) is 0 Å². The smallest absolute Gasteiger partial charge is 0.400 e. The standard InChI is InChI=1S/C8H15BO2.C3H8/c1-6-9-10-7(2,3)8(4,5)11-9;1-3-2/h6H,1H2,2-5H3;3H2,1-2H3. The predicted molar refractivity (Wildman–Crippen MR) is 62.2 cm³/mol. The van der Waals surface area contributed by atoms with Crippen LogP contribution in [0.25, 0.3) is 0 Å². The molecule has 0 radical (unpaired) electrons. The quantitative estimate of drug-likeness (QED) is 0.602. The fourth-order valence-corrected chi connectivity index (χ4v) is 0.985. The maximum absolute atomic E-state index is 5.57. The summed E-state index contributed by atoms with van der Waals surface area (Å²) in [5.74, 6) is 1.68. The van der Waals surface area contributed by atoms with Gasteiger partial charge in [-0.05, 0) is 27.7 Å². The first-order valence-corrected chi connectivity index (χ1v) is 5.29. The fraction of sp³-hybridized carbons (Fsp3) is 0.818. The van der Waals surface area contributed by atoms with Gasteiger partial charge in [-0.15, -0.1) is 6.58 Å². The van der Waals surface area contributed by atoms with Crippen molar-refractivity contribution in [3.05, 3.63) is 12.6 Å². The first-order chi connectivity index (χ1) is 6.30. The average Bonchev–Trinajstić information content (AvgIpc) is 2.23. The Morgan fingerprint density at radius 2 is 1.36 bits per heavy atom. The van der Waals surface area contributed by atoms with Crippen LogP contribution in [0.15, 0.2) is 12.6 Å². The molecule has 0 N–H and O–H groups in total. The molecule has 0 aliphatic carbocycles. The van der Waals surface area contributed by atoms with Gasteiger partial charge in [-0.2, -0.15) is 0 Å². The Balaban J connectivity index is 0.000000500. The zero-order valence-electron chi connectivity index (χ0n) is 10.4. The largest absolute Gasteiger partial charge is 0.486 e. The SMILES string of the molecule is C=CB1OC(C)(C)C(C)(C)O1.CCC. The second kappa shape index (κ2) is 4.99. The lowest BCUT2D eigenvalue weighted by Gasteiger charge is -2.32. The van der Waals surface area contributed by atoms with E-state index in [0.717, 1.165) is 0 Å². The van der Waals surface area contributed by atoms with E-state index >= 15 is 0 Å². The molecule has 0 aromatic heterocycles. The maximum Gasteiger partial charge on any atom is 0.486 e. The Labute approximate surface area is 88.8 Å². The van der Waals surface area contributed by atoms with E-state index in [0.29, 0.717) is 0 Å². The van der Waals surface area contributed by atoms with E-state index in [-0.39, 0.29) is 18.3 Å². The van der Waals surface area contributed by atoms with E-state index in [1.165, 1.54) is 6.42 Å². The lowest BCUT2D eigenvalue weighted by Crippen LogP contribution is -2.41. The zero-order chi connectivity index (χ0) is 11.4. The topological polar surface area (TPSA) is 18.5 Å². The van der Waals surface area contributed by atoms with Crippen molar-refractivity contribution in [2.75, 3.05) is 0 Å². The summed E-state index contributed by atoms with van der Waals surface area (Å²) < 4.78 is 11.1. The van der Waals surface area contributed by atoms with E-state index in [9.17, 15) is 0 Å². The van der Waals surface area contributed by atoms with Gasteiger partial charge >= 0.3 is 7.12 Å². The molecule has 3 heteroatoms. The van der Waals surface area contributed by atoms with Gasteiger partial charge in [-0.25, -0.2) is 0 Å². The first-order valence-electron chi connectivity index (χ1n) is 5.29. The molecule has 1 rings (SSSR count). The summed E-state index contributed by atoms with van der Waals surface area (Å²) in [6.07, 6.45) is 1.25. The molecule has 82 valence electrons. The van der Waals surface area contributed by atoms with Crippen LogP contribution in [0.4, 0.5) is 0 Å². The molecule has 1 fully saturated rings. The van der Waals surface area contributed by atoms with Gasteiger partial charge < -0.3 is 9.31 Å². The van der Waals surface area contributed by atoms with Crippen molar-refractivity contribution >= 4 is 7.12 Å². The monoisotopic (exact) mass is 198 g/mol. The van der Waals surface area contributed by atoms with Gasteiger partial charge in [0, 0.05) is 0 Å². The minimum Gasteiger partial charge on any atom is -0.400 e. The van der Waals surface area contributed by atoms with E-state index < -0.39 is 0 Å². The van der Waals surface area contributed by atoms with Gasteiger partial charge in [0.05, 0.1) is 11.2 Å².